The third-order valence-corrected chi connectivity index (χ3v) is 2.67. The van der Waals surface area contributed by atoms with E-state index in [-0.39, 0.29) is 5.92 Å². The lowest BCUT2D eigenvalue weighted by molar-refractivity contribution is -0.146. The molecule has 0 aliphatic heterocycles. The van der Waals surface area contributed by atoms with Crippen molar-refractivity contribution in [2.45, 2.75) is 18.4 Å². The lowest BCUT2D eigenvalue weighted by Gasteiger charge is -2.29. The van der Waals surface area contributed by atoms with Crippen LogP contribution >= 0.6 is 0 Å². The molecule has 0 radical (unpaired) electrons. The summed E-state index contributed by atoms with van der Waals surface area (Å²) in [5, 5.41) is 0. The second kappa shape index (κ2) is 4.94. The Hall–Kier alpha value is -1.61. The highest BCUT2D eigenvalue weighted by Gasteiger charge is 2.37. The molecule has 0 aromatic heterocycles. The van der Waals surface area contributed by atoms with Gasteiger partial charge in [-0.2, -0.15) is 0 Å². The van der Waals surface area contributed by atoms with Crippen LogP contribution in [0.3, 0.4) is 0 Å². The van der Waals surface area contributed by atoms with E-state index in [1.54, 1.807) is 13.0 Å². The summed E-state index contributed by atoms with van der Waals surface area (Å²) in [5.74, 6) is -0.706. The molecule has 0 aliphatic carbocycles. The number of methoxy groups -OCH3 is 1. The average molecular weight is 219 g/mol. The molecule has 0 heterocycles. The number of hydrogen-bond donors (Lipinski definition) is 1. The average Bonchev–Trinajstić information content (AvgIpc) is 2.30. The molecule has 1 aromatic rings. The van der Waals surface area contributed by atoms with Gasteiger partial charge in [-0.1, -0.05) is 36.4 Å². The summed E-state index contributed by atoms with van der Waals surface area (Å²) >= 11 is 0. The number of esters is 1. The summed E-state index contributed by atoms with van der Waals surface area (Å²) in [6.07, 6.45) is 1.67. The molecule has 0 fully saturated rings. The van der Waals surface area contributed by atoms with E-state index in [0.29, 0.717) is 0 Å². The van der Waals surface area contributed by atoms with Gasteiger partial charge in [-0.3, -0.25) is 4.79 Å². The molecule has 16 heavy (non-hydrogen) atoms. The van der Waals surface area contributed by atoms with Crippen LogP contribution in [0.4, 0.5) is 0 Å². The molecular formula is C13H17NO2. The summed E-state index contributed by atoms with van der Waals surface area (Å²) in [5.41, 5.74) is 5.86. The maximum Gasteiger partial charge on any atom is 0.326 e. The van der Waals surface area contributed by atoms with Gasteiger partial charge in [0.25, 0.3) is 0 Å². The minimum Gasteiger partial charge on any atom is -0.468 e. The highest BCUT2D eigenvalue weighted by atomic mass is 16.5. The molecule has 0 spiro atoms. The van der Waals surface area contributed by atoms with Crippen LogP contribution in [0.15, 0.2) is 43.0 Å². The van der Waals surface area contributed by atoms with E-state index >= 15 is 0 Å². The van der Waals surface area contributed by atoms with Crippen molar-refractivity contribution in [3.8, 4) is 0 Å². The van der Waals surface area contributed by atoms with Crippen molar-refractivity contribution in [3.63, 3.8) is 0 Å². The van der Waals surface area contributed by atoms with Crippen molar-refractivity contribution >= 4 is 5.97 Å². The van der Waals surface area contributed by atoms with E-state index in [2.05, 4.69) is 6.58 Å². The summed E-state index contributed by atoms with van der Waals surface area (Å²) in [6, 6.07) is 9.55. The van der Waals surface area contributed by atoms with Gasteiger partial charge < -0.3 is 10.5 Å². The van der Waals surface area contributed by atoms with E-state index in [4.69, 9.17) is 10.5 Å². The molecule has 0 unspecified atom stereocenters. The minimum atomic E-state index is -1.10. The zero-order chi connectivity index (χ0) is 12.2. The van der Waals surface area contributed by atoms with Crippen molar-refractivity contribution in [2.75, 3.05) is 7.11 Å². The molecule has 2 N–H and O–H groups in total. The van der Waals surface area contributed by atoms with Gasteiger partial charge in [0.2, 0.25) is 0 Å². The van der Waals surface area contributed by atoms with Crippen molar-refractivity contribution in [1.82, 2.24) is 0 Å². The van der Waals surface area contributed by atoms with Gasteiger partial charge in [0.05, 0.1) is 7.11 Å². The Labute approximate surface area is 95.9 Å². The Balaban J connectivity index is 3.08. The smallest absolute Gasteiger partial charge is 0.326 e. The van der Waals surface area contributed by atoms with Crippen LogP contribution in [-0.2, 0) is 9.53 Å². The maximum absolute atomic E-state index is 11.6. The van der Waals surface area contributed by atoms with Crippen LogP contribution in [0.2, 0.25) is 0 Å². The molecule has 86 valence electrons. The molecule has 0 saturated carbocycles. The van der Waals surface area contributed by atoms with Gasteiger partial charge >= 0.3 is 5.97 Å². The van der Waals surface area contributed by atoms with E-state index in [1.807, 2.05) is 30.3 Å². The van der Waals surface area contributed by atoms with E-state index < -0.39 is 11.5 Å². The van der Waals surface area contributed by atoms with Gasteiger partial charge in [0, 0.05) is 5.92 Å². The van der Waals surface area contributed by atoms with E-state index in [9.17, 15) is 4.79 Å². The third kappa shape index (κ3) is 2.31. The Kier molecular flexibility index (Phi) is 3.85. The summed E-state index contributed by atoms with van der Waals surface area (Å²) in [7, 11) is 1.33. The second-order valence-corrected chi connectivity index (χ2v) is 3.90. The highest BCUT2D eigenvalue weighted by Crippen LogP contribution is 2.28. The number of carbonyl (C=O) groups is 1. The first kappa shape index (κ1) is 12.5. The fraction of sp³-hybridized carbons (Fsp3) is 0.308. The van der Waals surface area contributed by atoms with E-state index in [1.165, 1.54) is 7.11 Å². The third-order valence-electron chi connectivity index (χ3n) is 2.67. The number of nitrogens with two attached hydrogens (primary N) is 1. The molecule has 2 atom stereocenters. The zero-order valence-electron chi connectivity index (χ0n) is 9.64. The minimum absolute atomic E-state index is 0.263. The first-order valence-electron chi connectivity index (χ1n) is 5.08. The number of benzene rings is 1. The van der Waals surface area contributed by atoms with Crippen molar-refractivity contribution in [2.24, 2.45) is 5.73 Å². The molecule has 3 nitrogen and oxygen atoms in total. The Morgan fingerprint density at radius 1 is 1.50 bits per heavy atom. The topological polar surface area (TPSA) is 52.3 Å². The standard InChI is InChI=1S/C13H17NO2/c1-4-11(10-8-6-5-7-9-10)13(2,14)12(15)16-3/h4-9,11H,1,14H2,2-3H3/t11-,13-/m0/s1. The molecule has 0 aliphatic rings. The fourth-order valence-corrected chi connectivity index (χ4v) is 1.73. The first-order valence-corrected chi connectivity index (χ1v) is 5.08. The monoisotopic (exact) mass is 219 g/mol. The molecule has 0 bridgehead atoms. The zero-order valence-corrected chi connectivity index (χ0v) is 9.64. The SMILES string of the molecule is C=C[C@@H](c1ccccc1)[C@](C)(N)C(=O)OC. The molecular weight excluding hydrogens is 202 g/mol. The van der Waals surface area contributed by atoms with Gasteiger partial charge in [0.15, 0.2) is 0 Å². The van der Waals surface area contributed by atoms with Crippen LogP contribution in [0.25, 0.3) is 0 Å². The van der Waals surface area contributed by atoms with Crippen LogP contribution in [0.1, 0.15) is 18.4 Å². The molecule has 3 heteroatoms. The van der Waals surface area contributed by atoms with Crippen LogP contribution in [0.5, 0.6) is 0 Å². The van der Waals surface area contributed by atoms with Gasteiger partial charge in [-0.05, 0) is 12.5 Å². The Bertz CT molecular complexity index is 371. The quantitative estimate of drug-likeness (QED) is 0.621. The second-order valence-electron chi connectivity index (χ2n) is 3.90. The van der Waals surface area contributed by atoms with Gasteiger partial charge in [-0.15, -0.1) is 6.58 Å². The van der Waals surface area contributed by atoms with Crippen molar-refractivity contribution < 1.29 is 9.53 Å². The summed E-state index contributed by atoms with van der Waals surface area (Å²) in [6.45, 7) is 5.38. The number of carbonyl (C=O) groups excluding carboxylic acids is 1. The number of hydrogen-bond acceptors (Lipinski definition) is 3. The molecule has 1 rings (SSSR count). The first-order chi connectivity index (χ1) is 7.54. The van der Waals surface area contributed by atoms with Crippen molar-refractivity contribution in [3.05, 3.63) is 48.6 Å². The summed E-state index contributed by atoms with van der Waals surface area (Å²) in [4.78, 5) is 11.6. The highest BCUT2D eigenvalue weighted by molar-refractivity contribution is 5.82. The number of ether oxygens (including phenoxy) is 1. The largest absolute Gasteiger partial charge is 0.468 e. The Morgan fingerprint density at radius 2 is 2.06 bits per heavy atom. The van der Waals surface area contributed by atoms with Crippen LogP contribution in [0, 0.1) is 0 Å². The van der Waals surface area contributed by atoms with Crippen LogP contribution < -0.4 is 5.73 Å². The lowest BCUT2D eigenvalue weighted by atomic mass is 9.81. The van der Waals surface area contributed by atoms with Gasteiger partial charge in [0.1, 0.15) is 5.54 Å². The Morgan fingerprint density at radius 3 is 2.50 bits per heavy atom. The molecule has 0 saturated heterocycles. The number of rotatable bonds is 4. The summed E-state index contributed by atoms with van der Waals surface area (Å²) < 4.78 is 4.71. The van der Waals surface area contributed by atoms with E-state index in [0.717, 1.165) is 5.56 Å². The normalized spacial score (nSPS) is 15.9. The fourth-order valence-electron chi connectivity index (χ4n) is 1.73. The predicted octanol–water partition coefficient (Wildman–Crippen LogP) is 1.85. The lowest BCUT2D eigenvalue weighted by Crippen LogP contribution is -2.50. The van der Waals surface area contributed by atoms with Gasteiger partial charge in [-0.25, -0.2) is 0 Å². The molecule has 1 aromatic carbocycles. The van der Waals surface area contributed by atoms with Crippen LogP contribution in [-0.4, -0.2) is 18.6 Å². The molecule has 0 amide bonds. The predicted molar refractivity (Wildman–Crippen MR) is 64.0 cm³/mol. The van der Waals surface area contributed by atoms with Crippen molar-refractivity contribution in [1.29, 1.82) is 0 Å². The maximum atomic E-state index is 11.6.